The smallest absolute Gasteiger partial charge is 0.0241 e. The molecule has 2 N–H and O–H groups in total. The van der Waals surface area contributed by atoms with Crippen molar-refractivity contribution >= 4 is 0 Å². The van der Waals surface area contributed by atoms with Gasteiger partial charge >= 0.3 is 0 Å². The SMILES string of the molecule is CC#CCC(N)CCc1ccccc1. The van der Waals surface area contributed by atoms with Gasteiger partial charge in [0.05, 0.1) is 0 Å². The highest BCUT2D eigenvalue weighted by Gasteiger charge is 2.00. The molecule has 0 aliphatic heterocycles. The lowest BCUT2D eigenvalue weighted by Gasteiger charge is -2.07. The third-order valence-electron chi connectivity index (χ3n) is 2.19. The molecule has 14 heavy (non-hydrogen) atoms. The van der Waals surface area contributed by atoms with Crippen molar-refractivity contribution in [2.24, 2.45) is 5.73 Å². The van der Waals surface area contributed by atoms with Crippen molar-refractivity contribution in [2.75, 3.05) is 0 Å². The molecule has 1 atom stereocenters. The summed E-state index contributed by atoms with van der Waals surface area (Å²) >= 11 is 0. The van der Waals surface area contributed by atoms with Crippen LogP contribution in [0.3, 0.4) is 0 Å². The predicted octanol–water partition coefficient (Wildman–Crippen LogP) is 2.36. The van der Waals surface area contributed by atoms with E-state index in [0.717, 1.165) is 19.3 Å². The van der Waals surface area contributed by atoms with E-state index >= 15 is 0 Å². The second-order valence-electron chi connectivity index (χ2n) is 3.42. The van der Waals surface area contributed by atoms with Crippen LogP contribution in [0.5, 0.6) is 0 Å². The van der Waals surface area contributed by atoms with Gasteiger partial charge in [-0.05, 0) is 25.3 Å². The molecule has 1 nitrogen and oxygen atoms in total. The average Bonchev–Trinajstić information content (AvgIpc) is 2.25. The molecule has 0 saturated carbocycles. The zero-order valence-electron chi connectivity index (χ0n) is 8.66. The molecule has 0 aromatic heterocycles. The standard InChI is InChI=1S/C13H17N/c1-2-3-9-13(14)11-10-12-7-5-4-6-8-12/h4-8,13H,9-11,14H2,1H3. The minimum Gasteiger partial charge on any atom is -0.327 e. The number of hydrogen-bond donors (Lipinski definition) is 1. The number of benzene rings is 1. The van der Waals surface area contributed by atoms with Crippen LogP contribution in [-0.2, 0) is 6.42 Å². The topological polar surface area (TPSA) is 26.0 Å². The Morgan fingerprint density at radius 3 is 2.64 bits per heavy atom. The fourth-order valence-corrected chi connectivity index (χ4v) is 1.33. The van der Waals surface area contributed by atoms with Crippen LogP contribution >= 0.6 is 0 Å². The fraction of sp³-hybridized carbons (Fsp3) is 0.385. The van der Waals surface area contributed by atoms with Crippen molar-refractivity contribution in [3.05, 3.63) is 35.9 Å². The van der Waals surface area contributed by atoms with E-state index < -0.39 is 0 Å². The lowest BCUT2D eigenvalue weighted by Crippen LogP contribution is -2.19. The first-order chi connectivity index (χ1) is 6.83. The van der Waals surface area contributed by atoms with E-state index in [1.54, 1.807) is 0 Å². The van der Waals surface area contributed by atoms with Gasteiger partial charge in [0, 0.05) is 12.5 Å². The zero-order chi connectivity index (χ0) is 10.2. The molecule has 1 aromatic rings. The van der Waals surface area contributed by atoms with Gasteiger partial charge in [-0.25, -0.2) is 0 Å². The highest BCUT2D eigenvalue weighted by molar-refractivity contribution is 5.14. The van der Waals surface area contributed by atoms with Crippen LogP contribution < -0.4 is 5.73 Å². The van der Waals surface area contributed by atoms with E-state index in [2.05, 4.69) is 36.1 Å². The molecule has 0 bridgehead atoms. The Morgan fingerprint density at radius 1 is 1.29 bits per heavy atom. The highest BCUT2D eigenvalue weighted by Crippen LogP contribution is 2.05. The van der Waals surface area contributed by atoms with Crippen LogP contribution in [0.4, 0.5) is 0 Å². The summed E-state index contributed by atoms with van der Waals surface area (Å²) in [5.41, 5.74) is 7.26. The zero-order valence-corrected chi connectivity index (χ0v) is 8.66. The van der Waals surface area contributed by atoms with Crippen molar-refractivity contribution in [3.8, 4) is 11.8 Å². The molecule has 0 spiro atoms. The molecule has 0 radical (unpaired) electrons. The molecule has 0 fully saturated rings. The van der Waals surface area contributed by atoms with Gasteiger partial charge in [-0.3, -0.25) is 0 Å². The maximum atomic E-state index is 5.91. The number of aryl methyl sites for hydroxylation is 1. The second-order valence-corrected chi connectivity index (χ2v) is 3.42. The van der Waals surface area contributed by atoms with E-state index in [4.69, 9.17) is 5.73 Å². The van der Waals surface area contributed by atoms with Crippen molar-refractivity contribution in [3.63, 3.8) is 0 Å². The molecule has 1 heteroatoms. The van der Waals surface area contributed by atoms with Crippen molar-refractivity contribution in [1.29, 1.82) is 0 Å². The summed E-state index contributed by atoms with van der Waals surface area (Å²) in [6.07, 6.45) is 2.87. The van der Waals surface area contributed by atoms with Gasteiger partial charge in [-0.2, -0.15) is 0 Å². The maximum Gasteiger partial charge on any atom is 0.0241 e. The second kappa shape index (κ2) is 6.23. The Labute approximate surface area is 86.3 Å². The van der Waals surface area contributed by atoms with Gasteiger partial charge < -0.3 is 5.73 Å². The Morgan fingerprint density at radius 2 is 2.00 bits per heavy atom. The van der Waals surface area contributed by atoms with Gasteiger partial charge in [0.25, 0.3) is 0 Å². The van der Waals surface area contributed by atoms with Crippen molar-refractivity contribution < 1.29 is 0 Å². The third-order valence-corrected chi connectivity index (χ3v) is 2.19. The first kappa shape index (κ1) is 10.8. The first-order valence-electron chi connectivity index (χ1n) is 5.02. The molecule has 0 aliphatic rings. The lowest BCUT2D eigenvalue weighted by atomic mass is 10.0. The molecule has 0 aliphatic carbocycles. The monoisotopic (exact) mass is 187 g/mol. The van der Waals surface area contributed by atoms with Crippen LogP contribution in [-0.4, -0.2) is 6.04 Å². The summed E-state index contributed by atoms with van der Waals surface area (Å²) in [7, 11) is 0. The third kappa shape index (κ3) is 4.11. The molecular weight excluding hydrogens is 170 g/mol. The Balaban J connectivity index is 2.29. The summed E-state index contributed by atoms with van der Waals surface area (Å²) in [4.78, 5) is 0. The van der Waals surface area contributed by atoms with Crippen molar-refractivity contribution in [2.45, 2.75) is 32.2 Å². The minimum absolute atomic E-state index is 0.211. The van der Waals surface area contributed by atoms with Crippen LogP contribution in [0.15, 0.2) is 30.3 Å². The van der Waals surface area contributed by atoms with E-state index in [1.165, 1.54) is 5.56 Å². The van der Waals surface area contributed by atoms with Gasteiger partial charge in [0.1, 0.15) is 0 Å². The molecule has 0 saturated heterocycles. The molecule has 1 rings (SSSR count). The summed E-state index contributed by atoms with van der Waals surface area (Å²) in [5.74, 6) is 5.88. The van der Waals surface area contributed by atoms with Crippen LogP contribution in [0.25, 0.3) is 0 Å². The lowest BCUT2D eigenvalue weighted by molar-refractivity contribution is 0.628. The molecule has 0 heterocycles. The summed E-state index contributed by atoms with van der Waals surface area (Å²) < 4.78 is 0. The van der Waals surface area contributed by atoms with E-state index in [0.29, 0.717) is 0 Å². The predicted molar refractivity (Wildman–Crippen MR) is 60.8 cm³/mol. The molecule has 1 unspecified atom stereocenters. The number of nitrogens with two attached hydrogens (primary N) is 1. The molecule has 1 aromatic carbocycles. The molecular formula is C13H17N. The largest absolute Gasteiger partial charge is 0.327 e. The Hall–Kier alpha value is -1.26. The van der Waals surface area contributed by atoms with E-state index in [9.17, 15) is 0 Å². The first-order valence-corrected chi connectivity index (χ1v) is 5.02. The Kier molecular flexibility index (Phi) is 4.82. The Bertz CT molecular complexity index is 305. The summed E-state index contributed by atoms with van der Waals surface area (Å²) in [5, 5.41) is 0. The molecule has 74 valence electrons. The van der Waals surface area contributed by atoms with Crippen LogP contribution in [0.1, 0.15) is 25.3 Å². The van der Waals surface area contributed by atoms with Gasteiger partial charge in [0.15, 0.2) is 0 Å². The summed E-state index contributed by atoms with van der Waals surface area (Å²) in [6.45, 7) is 1.85. The van der Waals surface area contributed by atoms with Gasteiger partial charge in [-0.1, -0.05) is 30.3 Å². The van der Waals surface area contributed by atoms with Gasteiger partial charge in [-0.15, -0.1) is 11.8 Å². The molecule has 0 amide bonds. The van der Waals surface area contributed by atoms with Crippen LogP contribution in [0.2, 0.25) is 0 Å². The normalized spacial score (nSPS) is 11.6. The highest BCUT2D eigenvalue weighted by atomic mass is 14.6. The fourth-order valence-electron chi connectivity index (χ4n) is 1.33. The van der Waals surface area contributed by atoms with Gasteiger partial charge in [0.2, 0.25) is 0 Å². The minimum atomic E-state index is 0.211. The van der Waals surface area contributed by atoms with Crippen LogP contribution in [0, 0.1) is 11.8 Å². The number of hydrogen-bond acceptors (Lipinski definition) is 1. The maximum absolute atomic E-state index is 5.91. The van der Waals surface area contributed by atoms with E-state index in [-0.39, 0.29) is 6.04 Å². The van der Waals surface area contributed by atoms with Crippen molar-refractivity contribution in [1.82, 2.24) is 0 Å². The average molecular weight is 187 g/mol. The number of rotatable bonds is 4. The van der Waals surface area contributed by atoms with E-state index in [1.807, 2.05) is 13.0 Å². The quantitative estimate of drug-likeness (QED) is 0.719. The summed E-state index contributed by atoms with van der Waals surface area (Å²) in [6, 6.07) is 10.6.